The Balaban J connectivity index is 0.00000160. The Hall–Kier alpha value is -2.92. The Morgan fingerprint density at radius 2 is 1.52 bits per heavy atom. The average molecular weight is 376 g/mol. The molecule has 1 aliphatic carbocycles. The van der Waals surface area contributed by atoms with Crippen molar-refractivity contribution in [1.82, 2.24) is 20.4 Å². The molecule has 7 rings (SSSR count). The topological polar surface area (TPSA) is 61.2 Å². The predicted octanol–water partition coefficient (Wildman–Crippen LogP) is -0.151. The molecule has 0 amide bonds. The molecule has 0 saturated heterocycles. The summed E-state index contributed by atoms with van der Waals surface area (Å²) in [5.41, 5.74) is 6.22. The number of halogens is 1. The first-order valence-corrected chi connectivity index (χ1v) is 8.98. The SMILES string of the molecule is [Cl-].c1ccc2c(c1)[C@H]1c3cccc[n+]3[C@@H]2CC1(c1ccn[nH]1)c1ccn[nH]1. The van der Waals surface area contributed by atoms with Crippen LogP contribution in [0, 0.1) is 0 Å². The lowest BCUT2D eigenvalue weighted by atomic mass is 9.56. The van der Waals surface area contributed by atoms with Crippen LogP contribution in [0.25, 0.3) is 0 Å². The summed E-state index contributed by atoms with van der Waals surface area (Å²) in [5.74, 6) is 0.200. The van der Waals surface area contributed by atoms with Gasteiger partial charge in [-0.05, 0) is 17.7 Å². The molecule has 3 aliphatic rings. The zero-order chi connectivity index (χ0) is 17.1. The normalized spacial score (nSPS) is 21.2. The number of nitrogens with one attached hydrogen (secondary N) is 2. The number of pyridine rings is 1. The third-order valence-corrected chi connectivity index (χ3v) is 6.19. The number of hydrogen-bond acceptors (Lipinski definition) is 2. The Bertz CT molecular complexity index is 1010. The third-order valence-electron chi connectivity index (χ3n) is 6.19. The largest absolute Gasteiger partial charge is 1.00 e. The van der Waals surface area contributed by atoms with Gasteiger partial charge in [-0.3, -0.25) is 10.2 Å². The molecular formula is C21H18ClN5. The van der Waals surface area contributed by atoms with Crippen LogP contribution in [0.15, 0.2) is 73.2 Å². The van der Waals surface area contributed by atoms with E-state index in [9.17, 15) is 0 Å². The van der Waals surface area contributed by atoms with Gasteiger partial charge in [0.1, 0.15) is 0 Å². The summed E-state index contributed by atoms with van der Waals surface area (Å²) in [4.78, 5) is 0. The second kappa shape index (κ2) is 5.79. The van der Waals surface area contributed by atoms with Crippen LogP contribution in [-0.4, -0.2) is 20.4 Å². The van der Waals surface area contributed by atoms with Gasteiger partial charge in [0.25, 0.3) is 0 Å². The van der Waals surface area contributed by atoms with Crippen molar-refractivity contribution < 1.29 is 17.0 Å². The highest BCUT2D eigenvalue weighted by Gasteiger charge is 2.60. The predicted molar refractivity (Wildman–Crippen MR) is 95.6 cm³/mol. The molecule has 0 spiro atoms. The molecule has 5 heterocycles. The second-order valence-corrected chi connectivity index (χ2v) is 7.23. The lowest BCUT2D eigenvalue weighted by Crippen LogP contribution is -3.00. The average Bonchev–Trinajstić information content (AvgIpc) is 3.42. The quantitative estimate of drug-likeness (QED) is 0.479. The molecule has 134 valence electrons. The van der Waals surface area contributed by atoms with Crippen LogP contribution in [0.5, 0.6) is 0 Å². The van der Waals surface area contributed by atoms with Gasteiger partial charge in [0, 0.05) is 47.9 Å². The van der Waals surface area contributed by atoms with Crippen molar-refractivity contribution in [1.29, 1.82) is 0 Å². The molecule has 6 heteroatoms. The number of hydrogen-bond donors (Lipinski definition) is 2. The van der Waals surface area contributed by atoms with Crippen molar-refractivity contribution in [2.75, 3.05) is 0 Å². The molecule has 2 atom stereocenters. The standard InChI is InChI=1S/C21H18N5.ClH/c1-2-6-15-14(5-1)17-13-21(18-8-10-22-24-18,19-9-11-23-25-19)20(15)16-7-3-4-12-26(16)17;/h1-12,17,20H,13H2,(H,22,24)(H,23,25);1H/q+1;/p-1/t17-,20+;/m1./s1. The fourth-order valence-electron chi connectivity index (χ4n) is 5.22. The van der Waals surface area contributed by atoms with E-state index in [1.54, 1.807) is 0 Å². The van der Waals surface area contributed by atoms with Gasteiger partial charge in [-0.1, -0.05) is 30.3 Å². The van der Waals surface area contributed by atoms with Crippen LogP contribution in [0.1, 0.15) is 46.6 Å². The molecule has 0 radical (unpaired) electrons. The van der Waals surface area contributed by atoms with Crippen molar-refractivity contribution in [2.24, 2.45) is 0 Å². The van der Waals surface area contributed by atoms with Crippen LogP contribution in [-0.2, 0) is 5.41 Å². The van der Waals surface area contributed by atoms with Gasteiger partial charge in [0.15, 0.2) is 17.9 Å². The zero-order valence-corrected chi connectivity index (χ0v) is 15.3. The van der Waals surface area contributed by atoms with E-state index in [-0.39, 0.29) is 23.7 Å². The lowest BCUT2D eigenvalue weighted by molar-refractivity contribution is -0.732. The van der Waals surface area contributed by atoms with E-state index in [2.05, 4.69) is 85.8 Å². The van der Waals surface area contributed by atoms with Crippen LogP contribution in [0.2, 0.25) is 0 Å². The minimum absolute atomic E-state index is 0. The number of aromatic nitrogens is 5. The molecule has 4 aromatic rings. The number of aromatic amines is 2. The van der Waals surface area contributed by atoms with Crippen LogP contribution < -0.4 is 17.0 Å². The minimum Gasteiger partial charge on any atom is -1.00 e. The van der Waals surface area contributed by atoms with E-state index < -0.39 is 0 Å². The molecule has 0 saturated carbocycles. The summed E-state index contributed by atoms with van der Waals surface area (Å²) in [6.07, 6.45) is 6.88. The molecule has 27 heavy (non-hydrogen) atoms. The van der Waals surface area contributed by atoms with Crippen LogP contribution >= 0.6 is 0 Å². The second-order valence-electron chi connectivity index (χ2n) is 7.23. The summed E-state index contributed by atoms with van der Waals surface area (Å²) in [6, 6.07) is 19.9. The maximum Gasteiger partial charge on any atom is 0.190 e. The van der Waals surface area contributed by atoms with E-state index in [4.69, 9.17) is 0 Å². The maximum absolute atomic E-state index is 4.28. The summed E-state index contributed by atoms with van der Waals surface area (Å²) in [6.45, 7) is 0. The fraction of sp³-hybridized carbons (Fsp3) is 0.190. The smallest absolute Gasteiger partial charge is 0.190 e. The molecule has 0 fully saturated rings. The number of fused-ring (bicyclic) bond motifs is 1. The van der Waals surface area contributed by atoms with Gasteiger partial charge in [-0.2, -0.15) is 14.8 Å². The number of nitrogens with zero attached hydrogens (tertiary/aromatic N) is 3. The van der Waals surface area contributed by atoms with Crippen molar-refractivity contribution in [3.8, 4) is 0 Å². The summed E-state index contributed by atoms with van der Waals surface area (Å²) in [5, 5.41) is 15.1. The van der Waals surface area contributed by atoms with Crippen molar-refractivity contribution in [2.45, 2.75) is 23.8 Å². The molecule has 1 aromatic carbocycles. The van der Waals surface area contributed by atoms with Crippen molar-refractivity contribution >= 4 is 0 Å². The molecule has 2 N–H and O–H groups in total. The van der Waals surface area contributed by atoms with Crippen LogP contribution in [0.4, 0.5) is 0 Å². The minimum atomic E-state index is -0.229. The van der Waals surface area contributed by atoms with Gasteiger partial charge in [-0.25, -0.2) is 0 Å². The zero-order valence-electron chi connectivity index (χ0n) is 14.5. The fourth-order valence-corrected chi connectivity index (χ4v) is 5.22. The number of benzene rings is 1. The lowest BCUT2D eigenvalue weighted by Gasteiger charge is -2.48. The highest BCUT2D eigenvalue weighted by atomic mass is 35.5. The van der Waals surface area contributed by atoms with Crippen molar-refractivity contribution in [3.05, 3.63) is 101 Å². The van der Waals surface area contributed by atoms with Gasteiger partial charge < -0.3 is 12.4 Å². The first kappa shape index (κ1) is 16.3. The van der Waals surface area contributed by atoms with Crippen molar-refractivity contribution in [3.63, 3.8) is 0 Å². The molecule has 5 nitrogen and oxygen atoms in total. The van der Waals surface area contributed by atoms with Gasteiger partial charge >= 0.3 is 0 Å². The third kappa shape index (κ3) is 1.97. The number of H-pyrrole nitrogens is 2. The Labute approximate surface area is 162 Å². The Kier molecular flexibility index (Phi) is 3.49. The summed E-state index contributed by atoms with van der Waals surface area (Å²) in [7, 11) is 0. The molecule has 0 unspecified atom stereocenters. The molecule has 2 aliphatic heterocycles. The monoisotopic (exact) mass is 375 g/mol. The molecule has 2 bridgehead atoms. The Morgan fingerprint density at radius 1 is 0.852 bits per heavy atom. The van der Waals surface area contributed by atoms with E-state index in [1.807, 2.05) is 12.4 Å². The van der Waals surface area contributed by atoms with Gasteiger partial charge in [0.05, 0.1) is 11.3 Å². The van der Waals surface area contributed by atoms with E-state index in [1.165, 1.54) is 16.8 Å². The molecule has 3 aromatic heterocycles. The Morgan fingerprint density at radius 3 is 2.19 bits per heavy atom. The van der Waals surface area contributed by atoms with Gasteiger partial charge in [0.2, 0.25) is 0 Å². The first-order valence-electron chi connectivity index (χ1n) is 8.98. The maximum atomic E-state index is 4.28. The molecular weight excluding hydrogens is 358 g/mol. The van der Waals surface area contributed by atoms with Crippen LogP contribution in [0.3, 0.4) is 0 Å². The highest BCUT2D eigenvalue weighted by Crippen LogP contribution is 2.58. The summed E-state index contributed by atoms with van der Waals surface area (Å²) >= 11 is 0. The van der Waals surface area contributed by atoms with E-state index >= 15 is 0 Å². The highest BCUT2D eigenvalue weighted by molar-refractivity contribution is 5.51. The first-order chi connectivity index (χ1) is 12.9. The number of rotatable bonds is 2. The van der Waals surface area contributed by atoms with Gasteiger partial charge in [-0.15, -0.1) is 0 Å². The summed E-state index contributed by atoms with van der Waals surface area (Å²) < 4.78 is 2.44. The van der Waals surface area contributed by atoms with E-state index in [0.717, 1.165) is 17.8 Å². The van der Waals surface area contributed by atoms with E-state index in [0.29, 0.717) is 6.04 Å².